The summed E-state index contributed by atoms with van der Waals surface area (Å²) in [4.78, 5) is 4.53. The first-order valence-corrected chi connectivity index (χ1v) is 7.24. The first-order valence-electron chi connectivity index (χ1n) is 7.24. The van der Waals surface area contributed by atoms with Crippen LogP contribution in [0.25, 0.3) is 0 Å². The summed E-state index contributed by atoms with van der Waals surface area (Å²) >= 11 is 0. The molecular weight excluding hydrogens is 248 g/mol. The molecule has 1 heterocycles. The van der Waals surface area contributed by atoms with Crippen LogP contribution in [0.3, 0.4) is 0 Å². The maximum Gasteiger partial charge on any atom is 0.159 e. The summed E-state index contributed by atoms with van der Waals surface area (Å²) in [5.41, 5.74) is 0.988. The van der Waals surface area contributed by atoms with Gasteiger partial charge < -0.3 is 10.4 Å². The highest BCUT2D eigenvalue weighted by Gasteiger charge is 2.45. The molecule has 1 fully saturated rings. The Labute approximate surface area is 122 Å². The van der Waals surface area contributed by atoms with Crippen molar-refractivity contribution < 1.29 is 5.11 Å². The van der Waals surface area contributed by atoms with Crippen molar-refractivity contribution in [3.63, 3.8) is 0 Å². The molecule has 0 unspecified atom stereocenters. The molecule has 2 rings (SSSR count). The van der Waals surface area contributed by atoms with Crippen LogP contribution in [0, 0.1) is 6.92 Å². The average Bonchev–Trinajstić information content (AvgIpc) is 2.23. The zero-order valence-corrected chi connectivity index (χ0v) is 13.2. The van der Waals surface area contributed by atoms with Crippen LogP contribution in [-0.4, -0.2) is 28.1 Å². The predicted octanol–water partition coefficient (Wildman–Crippen LogP) is 3.04. The van der Waals surface area contributed by atoms with Crippen molar-refractivity contribution in [1.82, 2.24) is 5.32 Å². The number of aryl methyl sites for hydroxylation is 1. The van der Waals surface area contributed by atoms with Crippen molar-refractivity contribution in [2.75, 3.05) is 0 Å². The topological polar surface area (TPSA) is 44.6 Å². The second kappa shape index (κ2) is 4.97. The molecule has 0 aromatic heterocycles. The molecule has 0 radical (unpaired) electrons. The molecule has 0 bridgehead atoms. The fourth-order valence-electron chi connectivity index (χ4n) is 3.50. The number of rotatable bonds is 2. The van der Waals surface area contributed by atoms with Gasteiger partial charge >= 0.3 is 0 Å². The van der Waals surface area contributed by atoms with Gasteiger partial charge in [0, 0.05) is 30.1 Å². The Kier molecular flexibility index (Phi) is 3.78. The van der Waals surface area contributed by atoms with Crippen LogP contribution in [0.15, 0.2) is 29.3 Å². The number of nitrogens with zero attached hydrogens (tertiary/aromatic N) is 1. The smallest absolute Gasteiger partial charge is 0.159 e. The standard InChI is InChI=1S/C17H26N2O/c1-13-8-6-7-9-14(13)10-18-17(20)11-15(2,3)19-16(4,5)12-17/h6-10,19-20H,11-12H2,1-5H3/b18-10+. The van der Waals surface area contributed by atoms with E-state index in [1.807, 2.05) is 24.4 Å². The average molecular weight is 274 g/mol. The van der Waals surface area contributed by atoms with E-state index in [9.17, 15) is 5.11 Å². The number of aliphatic hydroxyl groups is 1. The second-order valence-corrected chi connectivity index (χ2v) is 7.34. The van der Waals surface area contributed by atoms with E-state index in [2.05, 4.69) is 51.0 Å². The lowest BCUT2D eigenvalue weighted by molar-refractivity contribution is -0.0486. The van der Waals surface area contributed by atoms with Crippen molar-refractivity contribution in [3.8, 4) is 0 Å². The van der Waals surface area contributed by atoms with Crippen LogP contribution in [0.1, 0.15) is 51.7 Å². The molecule has 1 aromatic rings. The molecule has 1 aliphatic rings. The normalized spacial score (nSPS) is 23.9. The van der Waals surface area contributed by atoms with Gasteiger partial charge in [-0.3, -0.25) is 4.99 Å². The first kappa shape index (κ1) is 15.2. The summed E-state index contributed by atoms with van der Waals surface area (Å²) in [5.74, 6) is 0. The molecule has 20 heavy (non-hydrogen) atoms. The van der Waals surface area contributed by atoms with Crippen molar-refractivity contribution >= 4 is 6.21 Å². The number of piperidine rings is 1. The van der Waals surface area contributed by atoms with E-state index < -0.39 is 5.72 Å². The molecule has 0 aliphatic carbocycles. The summed E-state index contributed by atoms with van der Waals surface area (Å²) in [5, 5.41) is 14.4. The fraction of sp³-hybridized carbons (Fsp3) is 0.588. The van der Waals surface area contributed by atoms with Gasteiger partial charge in [-0.05, 0) is 45.7 Å². The van der Waals surface area contributed by atoms with Crippen LogP contribution in [-0.2, 0) is 0 Å². The van der Waals surface area contributed by atoms with Gasteiger partial charge in [-0.15, -0.1) is 0 Å². The summed E-state index contributed by atoms with van der Waals surface area (Å²) in [6, 6.07) is 8.09. The van der Waals surface area contributed by atoms with Gasteiger partial charge in [-0.2, -0.15) is 0 Å². The number of hydrogen-bond acceptors (Lipinski definition) is 3. The van der Waals surface area contributed by atoms with E-state index in [0.717, 1.165) is 5.56 Å². The minimum absolute atomic E-state index is 0.125. The molecule has 0 amide bonds. The van der Waals surface area contributed by atoms with E-state index >= 15 is 0 Å². The molecule has 3 nitrogen and oxygen atoms in total. The predicted molar refractivity (Wildman–Crippen MR) is 84.3 cm³/mol. The Hall–Kier alpha value is -1.19. The van der Waals surface area contributed by atoms with Gasteiger partial charge in [0.2, 0.25) is 0 Å². The monoisotopic (exact) mass is 274 g/mol. The molecule has 110 valence electrons. The first-order chi connectivity index (χ1) is 9.11. The molecular formula is C17H26N2O. The van der Waals surface area contributed by atoms with Crippen molar-refractivity contribution in [1.29, 1.82) is 0 Å². The van der Waals surface area contributed by atoms with Crippen LogP contribution in [0.2, 0.25) is 0 Å². The Bertz CT molecular complexity index is 501. The van der Waals surface area contributed by atoms with Gasteiger partial charge in [0.15, 0.2) is 5.72 Å². The second-order valence-electron chi connectivity index (χ2n) is 7.34. The van der Waals surface area contributed by atoms with Crippen LogP contribution in [0.4, 0.5) is 0 Å². The minimum atomic E-state index is -0.999. The lowest BCUT2D eigenvalue weighted by atomic mass is 9.77. The molecule has 0 spiro atoms. The molecule has 2 N–H and O–H groups in total. The van der Waals surface area contributed by atoms with Crippen molar-refractivity contribution in [3.05, 3.63) is 35.4 Å². The molecule has 0 atom stereocenters. The highest BCUT2D eigenvalue weighted by molar-refractivity contribution is 5.81. The molecule has 1 aliphatic heterocycles. The van der Waals surface area contributed by atoms with Gasteiger partial charge in [0.05, 0.1) is 0 Å². The van der Waals surface area contributed by atoms with Crippen molar-refractivity contribution in [2.24, 2.45) is 4.99 Å². The Morgan fingerprint density at radius 1 is 1.10 bits per heavy atom. The number of nitrogens with one attached hydrogen (secondary N) is 1. The third-order valence-electron chi connectivity index (χ3n) is 3.76. The van der Waals surface area contributed by atoms with E-state index in [1.165, 1.54) is 5.56 Å². The molecule has 1 aromatic carbocycles. The van der Waals surface area contributed by atoms with Gasteiger partial charge in [0.1, 0.15) is 0 Å². The van der Waals surface area contributed by atoms with Crippen LogP contribution >= 0.6 is 0 Å². The Morgan fingerprint density at radius 2 is 1.65 bits per heavy atom. The fourth-order valence-corrected chi connectivity index (χ4v) is 3.50. The SMILES string of the molecule is Cc1ccccc1/C=N/C1(O)CC(C)(C)NC(C)(C)C1. The van der Waals surface area contributed by atoms with E-state index in [4.69, 9.17) is 0 Å². The third-order valence-corrected chi connectivity index (χ3v) is 3.76. The number of aliphatic imine (C=N–C) groups is 1. The highest BCUT2D eigenvalue weighted by atomic mass is 16.3. The maximum absolute atomic E-state index is 10.9. The largest absolute Gasteiger partial charge is 0.369 e. The molecule has 1 saturated heterocycles. The number of hydrogen-bond donors (Lipinski definition) is 2. The van der Waals surface area contributed by atoms with Gasteiger partial charge in [-0.25, -0.2) is 0 Å². The lowest BCUT2D eigenvalue weighted by Crippen LogP contribution is -2.63. The Balaban J connectivity index is 2.25. The van der Waals surface area contributed by atoms with Crippen LogP contribution in [0.5, 0.6) is 0 Å². The molecule has 3 heteroatoms. The maximum atomic E-state index is 10.9. The van der Waals surface area contributed by atoms with Gasteiger partial charge in [-0.1, -0.05) is 24.3 Å². The Morgan fingerprint density at radius 3 is 2.20 bits per heavy atom. The van der Waals surface area contributed by atoms with Gasteiger partial charge in [0.25, 0.3) is 0 Å². The highest BCUT2D eigenvalue weighted by Crippen LogP contribution is 2.36. The van der Waals surface area contributed by atoms with E-state index in [-0.39, 0.29) is 11.1 Å². The minimum Gasteiger partial charge on any atom is -0.369 e. The quantitative estimate of drug-likeness (QED) is 0.814. The summed E-state index contributed by atoms with van der Waals surface area (Å²) in [6.07, 6.45) is 3.05. The summed E-state index contributed by atoms with van der Waals surface area (Å²) < 4.78 is 0. The third kappa shape index (κ3) is 3.68. The van der Waals surface area contributed by atoms with E-state index in [1.54, 1.807) is 0 Å². The zero-order chi connectivity index (χ0) is 15.0. The molecule has 0 saturated carbocycles. The summed E-state index contributed by atoms with van der Waals surface area (Å²) in [6.45, 7) is 10.5. The van der Waals surface area contributed by atoms with Crippen molar-refractivity contribution in [2.45, 2.75) is 64.3 Å². The zero-order valence-electron chi connectivity index (χ0n) is 13.2. The summed E-state index contributed by atoms with van der Waals surface area (Å²) in [7, 11) is 0. The van der Waals surface area contributed by atoms with Crippen LogP contribution < -0.4 is 5.32 Å². The number of benzene rings is 1. The lowest BCUT2D eigenvalue weighted by Gasteiger charge is -2.49. The van der Waals surface area contributed by atoms with E-state index in [0.29, 0.717) is 12.8 Å².